The molecular formula is C23H32N4O3. The molecular weight excluding hydrogens is 380 g/mol. The number of rotatable bonds is 8. The molecule has 2 atom stereocenters. The summed E-state index contributed by atoms with van der Waals surface area (Å²) >= 11 is 0. The van der Waals surface area contributed by atoms with Crippen LogP contribution in [0, 0.1) is 0 Å². The van der Waals surface area contributed by atoms with Gasteiger partial charge in [0.1, 0.15) is 0 Å². The fourth-order valence-electron chi connectivity index (χ4n) is 5.08. The molecule has 2 heterocycles. The molecule has 2 N–H and O–H groups in total. The van der Waals surface area contributed by atoms with Crippen molar-refractivity contribution >= 4 is 5.91 Å². The number of hydrogen-bond donors (Lipinski definition) is 2. The molecule has 162 valence electrons. The molecule has 4 rings (SSSR count). The highest BCUT2D eigenvalue weighted by Gasteiger charge is 2.54. The maximum atomic E-state index is 12.3. The first-order valence-electron chi connectivity index (χ1n) is 10.9. The summed E-state index contributed by atoms with van der Waals surface area (Å²) in [7, 11) is 1.69. The van der Waals surface area contributed by atoms with Crippen molar-refractivity contribution in [1.29, 1.82) is 0 Å². The standard InChI is InChI=1S/C23H32N4O3/c1-3-20(28)25-21-18-6-4-5-7-19(18)23(22(21)30-15-14-29-2)9-12-27(13-10-23)16-17-8-11-24-26-17/h4-8,11,21-22H,3,9-10,12-16H2,1-2H3,(H,24,26)(H,25,28)/t21-,22+/m0/s1. The number of aromatic amines is 1. The van der Waals surface area contributed by atoms with Gasteiger partial charge in [-0.2, -0.15) is 5.10 Å². The number of fused-ring (bicyclic) bond motifs is 2. The lowest BCUT2D eigenvalue weighted by atomic mass is 9.71. The van der Waals surface area contributed by atoms with E-state index < -0.39 is 0 Å². The Hall–Kier alpha value is -2.22. The highest BCUT2D eigenvalue weighted by Crippen LogP contribution is 2.52. The Labute approximate surface area is 178 Å². The molecule has 30 heavy (non-hydrogen) atoms. The van der Waals surface area contributed by atoms with Crippen LogP contribution in [-0.2, 0) is 26.2 Å². The van der Waals surface area contributed by atoms with E-state index >= 15 is 0 Å². The molecule has 1 fully saturated rings. The summed E-state index contributed by atoms with van der Waals surface area (Å²) in [5, 5.41) is 10.4. The molecule has 0 saturated carbocycles. The van der Waals surface area contributed by atoms with Gasteiger partial charge in [-0.25, -0.2) is 0 Å². The van der Waals surface area contributed by atoms with Gasteiger partial charge in [0, 0.05) is 37.4 Å². The third kappa shape index (κ3) is 4.02. The highest BCUT2D eigenvalue weighted by atomic mass is 16.5. The Morgan fingerprint density at radius 1 is 1.27 bits per heavy atom. The number of ether oxygens (including phenoxy) is 2. The molecule has 7 nitrogen and oxygen atoms in total. The van der Waals surface area contributed by atoms with E-state index in [-0.39, 0.29) is 23.5 Å². The zero-order valence-corrected chi connectivity index (χ0v) is 17.9. The lowest BCUT2D eigenvalue weighted by molar-refractivity contribution is -0.124. The van der Waals surface area contributed by atoms with E-state index in [1.54, 1.807) is 13.3 Å². The fourth-order valence-corrected chi connectivity index (χ4v) is 5.08. The summed E-state index contributed by atoms with van der Waals surface area (Å²) in [6.07, 6.45) is 4.17. The smallest absolute Gasteiger partial charge is 0.220 e. The molecule has 2 aliphatic rings. The third-order valence-corrected chi connectivity index (χ3v) is 6.60. The second-order valence-electron chi connectivity index (χ2n) is 8.28. The minimum Gasteiger partial charge on any atom is -0.382 e. The second-order valence-corrected chi connectivity index (χ2v) is 8.28. The number of nitrogens with zero attached hydrogens (tertiary/aromatic N) is 2. The van der Waals surface area contributed by atoms with Crippen molar-refractivity contribution in [2.45, 2.75) is 50.3 Å². The number of methoxy groups -OCH3 is 1. The minimum atomic E-state index is -0.121. The van der Waals surface area contributed by atoms with Gasteiger partial charge < -0.3 is 14.8 Å². The van der Waals surface area contributed by atoms with Crippen LogP contribution in [0.4, 0.5) is 0 Å². The Kier molecular flexibility index (Phi) is 6.51. The Morgan fingerprint density at radius 3 is 2.77 bits per heavy atom. The van der Waals surface area contributed by atoms with Crippen LogP contribution in [-0.4, -0.2) is 60.5 Å². The van der Waals surface area contributed by atoms with E-state index in [0.717, 1.165) is 38.2 Å². The summed E-state index contributed by atoms with van der Waals surface area (Å²) in [4.78, 5) is 14.8. The van der Waals surface area contributed by atoms with Crippen LogP contribution in [0.25, 0.3) is 0 Å². The molecule has 2 aromatic rings. The second kappa shape index (κ2) is 9.29. The van der Waals surface area contributed by atoms with Crippen LogP contribution < -0.4 is 5.32 Å². The van der Waals surface area contributed by atoms with Crippen molar-refractivity contribution in [3.8, 4) is 0 Å². The van der Waals surface area contributed by atoms with Gasteiger partial charge in [-0.05, 0) is 43.1 Å². The van der Waals surface area contributed by atoms with E-state index in [1.807, 2.05) is 13.0 Å². The predicted octanol–water partition coefficient (Wildman–Crippen LogP) is 2.56. The van der Waals surface area contributed by atoms with E-state index in [1.165, 1.54) is 11.1 Å². The largest absolute Gasteiger partial charge is 0.382 e. The van der Waals surface area contributed by atoms with Crippen LogP contribution in [0.3, 0.4) is 0 Å². The average molecular weight is 413 g/mol. The zero-order valence-electron chi connectivity index (χ0n) is 17.9. The number of hydrogen-bond acceptors (Lipinski definition) is 5. The number of H-pyrrole nitrogens is 1. The maximum Gasteiger partial charge on any atom is 0.220 e. The molecule has 1 aromatic heterocycles. The van der Waals surface area contributed by atoms with Crippen molar-refractivity contribution in [3.63, 3.8) is 0 Å². The van der Waals surface area contributed by atoms with Gasteiger partial charge in [0.15, 0.2) is 0 Å². The van der Waals surface area contributed by atoms with Crippen molar-refractivity contribution in [2.24, 2.45) is 0 Å². The van der Waals surface area contributed by atoms with Crippen LogP contribution in [0.15, 0.2) is 36.5 Å². The molecule has 1 aliphatic heterocycles. The zero-order chi connectivity index (χ0) is 21.0. The van der Waals surface area contributed by atoms with Crippen LogP contribution in [0.2, 0.25) is 0 Å². The molecule has 1 amide bonds. The number of carbonyl (C=O) groups is 1. The highest BCUT2D eigenvalue weighted by molar-refractivity contribution is 5.76. The summed E-state index contributed by atoms with van der Waals surface area (Å²) in [5.74, 6) is 0.0591. The summed E-state index contributed by atoms with van der Waals surface area (Å²) in [6, 6.07) is 10.4. The van der Waals surface area contributed by atoms with E-state index in [0.29, 0.717) is 19.6 Å². The topological polar surface area (TPSA) is 79.5 Å². The van der Waals surface area contributed by atoms with Gasteiger partial charge in [-0.15, -0.1) is 0 Å². The van der Waals surface area contributed by atoms with Crippen molar-refractivity contribution in [1.82, 2.24) is 20.4 Å². The number of piperidine rings is 1. The van der Waals surface area contributed by atoms with Crippen molar-refractivity contribution in [2.75, 3.05) is 33.4 Å². The van der Waals surface area contributed by atoms with E-state index in [4.69, 9.17) is 9.47 Å². The monoisotopic (exact) mass is 412 g/mol. The van der Waals surface area contributed by atoms with Gasteiger partial charge in [0.2, 0.25) is 5.91 Å². The molecule has 1 spiro atoms. The van der Waals surface area contributed by atoms with Crippen LogP contribution in [0.5, 0.6) is 0 Å². The van der Waals surface area contributed by atoms with Gasteiger partial charge in [0.25, 0.3) is 0 Å². The Morgan fingerprint density at radius 2 is 2.07 bits per heavy atom. The Bertz CT molecular complexity index is 831. The van der Waals surface area contributed by atoms with E-state index in [9.17, 15) is 4.79 Å². The predicted molar refractivity (Wildman–Crippen MR) is 114 cm³/mol. The lowest BCUT2D eigenvalue weighted by Crippen LogP contribution is -2.51. The lowest BCUT2D eigenvalue weighted by Gasteiger charge is -2.44. The normalized spacial score (nSPS) is 22.9. The van der Waals surface area contributed by atoms with Gasteiger partial charge in [-0.3, -0.25) is 14.8 Å². The van der Waals surface area contributed by atoms with Gasteiger partial charge in [-0.1, -0.05) is 31.2 Å². The van der Waals surface area contributed by atoms with Crippen molar-refractivity contribution in [3.05, 3.63) is 53.3 Å². The molecule has 0 radical (unpaired) electrons. The van der Waals surface area contributed by atoms with Crippen LogP contribution in [0.1, 0.15) is 49.0 Å². The first-order chi connectivity index (χ1) is 14.7. The molecule has 0 unspecified atom stereocenters. The summed E-state index contributed by atoms with van der Waals surface area (Å²) in [6.45, 7) is 5.79. The van der Waals surface area contributed by atoms with Gasteiger partial charge in [0.05, 0.1) is 25.4 Å². The fraction of sp³-hybridized carbons (Fsp3) is 0.565. The number of nitrogens with one attached hydrogen (secondary N) is 2. The number of carbonyl (C=O) groups excluding carboxylic acids is 1. The van der Waals surface area contributed by atoms with E-state index in [2.05, 4.69) is 44.7 Å². The SMILES string of the molecule is CCC(=O)N[C@H]1c2ccccc2C2(CCN(Cc3ccn[nH]3)CC2)[C@@H]1OCCOC. The average Bonchev–Trinajstić information content (AvgIpc) is 3.37. The van der Waals surface area contributed by atoms with Crippen molar-refractivity contribution < 1.29 is 14.3 Å². The Balaban J connectivity index is 1.59. The summed E-state index contributed by atoms with van der Waals surface area (Å²) < 4.78 is 11.7. The molecule has 7 heteroatoms. The first-order valence-corrected chi connectivity index (χ1v) is 10.9. The molecule has 1 saturated heterocycles. The number of amides is 1. The van der Waals surface area contributed by atoms with Gasteiger partial charge >= 0.3 is 0 Å². The quantitative estimate of drug-likeness (QED) is 0.652. The summed E-state index contributed by atoms with van der Waals surface area (Å²) in [5.41, 5.74) is 3.57. The number of benzene rings is 1. The molecule has 1 aliphatic carbocycles. The molecule has 0 bridgehead atoms. The minimum absolute atomic E-state index is 0.0591. The number of likely N-dealkylation sites (tertiary alicyclic amines) is 1. The first kappa shape index (κ1) is 21.0. The third-order valence-electron chi connectivity index (χ3n) is 6.60. The maximum absolute atomic E-state index is 12.3. The molecule has 1 aromatic carbocycles. The number of aromatic nitrogens is 2. The van der Waals surface area contributed by atoms with Crippen LogP contribution >= 0.6 is 0 Å².